The second-order valence-corrected chi connectivity index (χ2v) is 6.91. The highest BCUT2D eigenvalue weighted by atomic mass is 32.2. The topological polar surface area (TPSA) is 67.0 Å². The van der Waals surface area contributed by atoms with Gasteiger partial charge in [0.05, 0.1) is 12.2 Å². The van der Waals surface area contributed by atoms with E-state index in [0.717, 1.165) is 33.4 Å². The highest BCUT2D eigenvalue weighted by molar-refractivity contribution is 7.90. The molecular weight excluding hydrogens is 449 g/mol. The molecule has 0 fully saturated rings. The number of alkyl halides is 5. The lowest BCUT2D eigenvalue weighted by Crippen LogP contribution is -2.23. The summed E-state index contributed by atoms with van der Waals surface area (Å²) < 4.78 is 82.6. The van der Waals surface area contributed by atoms with Gasteiger partial charge in [0, 0.05) is 25.4 Å². The van der Waals surface area contributed by atoms with Gasteiger partial charge in [0.15, 0.2) is 6.61 Å². The normalized spacial score (nSPS) is 12.4. The number of imidazole rings is 1. The molecule has 0 saturated heterocycles. The van der Waals surface area contributed by atoms with Gasteiger partial charge in [-0.1, -0.05) is 0 Å². The molecule has 0 saturated carbocycles. The molecule has 7 nitrogen and oxygen atoms in total. The fraction of sp³-hybridized carbons (Fsp3) is 0.333. The van der Waals surface area contributed by atoms with Crippen LogP contribution in [0.4, 0.5) is 22.0 Å². The average Bonchev–Trinajstić information content (AvgIpc) is 3.03. The second kappa shape index (κ2) is 8.75. The van der Waals surface area contributed by atoms with Crippen molar-refractivity contribution in [3.8, 4) is 17.4 Å². The van der Waals surface area contributed by atoms with Crippen molar-refractivity contribution < 1.29 is 35.1 Å². The molecule has 0 bridgehead atoms. The third-order valence-electron chi connectivity index (χ3n) is 3.78. The smallest absolute Gasteiger partial charge is 0.417 e. The summed E-state index contributed by atoms with van der Waals surface area (Å²) in [4.78, 5) is 16.7. The highest BCUT2D eigenvalue weighted by Crippen LogP contribution is 2.33. The summed E-state index contributed by atoms with van der Waals surface area (Å²) in [5.41, 5.74) is -1.60. The number of aromatic nitrogens is 3. The highest BCUT2D eigenvalue weighted by Gasteiger charge is 2.32. The minimum atomic E-state index is -4.61. The lowest BCUT2D eigenvalue weighted by atomic mass is 10.3. The summed E-state index contributed by atoms with van der Waals surface area (Å²) >= 11 is 0.502. The average molecular weight is 465 g/mol. The fourth-order valence-electron chi connectivity index (χ4n) is 2.45. The van der Waals surface area contributed by atoms with Gasteiger partial charge in [0.25, 0.3) is 17.4 Å². The van der Waals surface area contributed by atoms with Crippen molar-refractivity contribution in [3.05, 3.63) is 52.6 Å². The van der Waals surface area contributed by atoms with Gasteiger partial charge in [-0.2, -0.15) is 13.2 Å². The first-order chi connectivity index (χ1) is 14.5. The van der Waals surface area contributed by atoms with E-state index in [1.807, 2.05) is 0 Å². The third kappa shape index (κ3) is 5.47. The standard InChI is InChI=1S/C18H16F5N3O4S/c1-3-29-31-30-16-15(24-13-5-4-11(9-26(13)16)18(21,22)23)25-7-6-12(8-14(25)27)28-10-17(2,19)20/h4-9H,3,10H2,1-2H3. The molecule has 3 aromatic rings. The van der Waals surface area contributed by atoms with E-state index in [4.69, 9.17) is 13.1 Å². The molecule has 168 valence electrons. The minimum Gasteiger partial charge on any atom is -0.487 e. The number of nitrogens with zero attached hydrogens (tertiary/aromatic N) is 3. The van der Waals surface area contributed by atoms with Crippen LogP contribution in [0.3, 0.4) is 0 Å². The van der Waals surface area contributed by atoms with E-state index < -0.39 is 29.8 Å². The number of rotatable bonds is 8. The van der Waals surface area contributed by atoms with Crippen LogP contribution in [0, 0.1) is 0 Å². The number of hydrogen-bond acceptors (Lipinski definition) is 6. The van der Waals surface area contributed by atoms with Gasteiger partial charge in [-0.15, -0.1) is 0 Å². The number of pyridine rings is 2. The van der Waals surface area contributed by atoms with Gasteiger partial charge in [-0.3, -0.25) is 17.9 Å². The van der Waals surface area contributed by atoms with Crippen LogP contribution in [0.2, 0.25) is 0 Å². The Morgan fingerprint density at radius 1 is 1.16 bits per heavy atom. The van der Waals surface area contributed by atoms with Gasteiger partial charge in [-0.25, -0.2) is 13.8 Å². The Bertz CT molecular complexity index is 1120. The summed E-state index contributed by atoms with van der Waals surface area (Å²) in [7, 11) is 0. The van der Waals surface area contributed by atoms with Gasteiger partial charge in [-0.05, 0) is 25.1 Å². The Balaban J connectivity index is 2.06. The molecule has 0 aliphatic heterocycles. The molecule has 0 radical (unpaired) electrons. The Morgan fingerprint density at radius 2 is 1.90 bits per heavy atom. The van der Waals surface area contributed by atoms with E-state index in [-0.39, 0.29) is 29.7 Å². The van der Waals surface area contributed by atoms with Crippen LogP contribution in [-0.2, 0) is 10.4 Å². The molecule has 31 heavy (non-hydrogen) atoms. The maximum Gasteiger partial charge on any atom is 0.417 e. The molecule has 3 rings (SSSR count). The molecule has 0 amide bonds. The van der Waals surface area contributed by atoms with Crippen molar-refractivity contribution in [2.45, 2.75) is 25.9 Å². The Labute approximate surface area is 176 Å². The van der Waals surface area contributed by atoms with Crippen molar-refractivity contribution in [2.75, 3.05) is 13.2 Å². The molecule has 0 atom stereocenters. The van der Waals surface area contributed by atoms with E-state index in [2.05, 4.69) is 4.98 Å². The second-order valence-electron chi connectivity index (χ2n) is 6.37. The predicted octanol–water partition coefficient (Wildman–Crippen LogP) is 4.52. The van der Waals surface area contributed by atoms with E-state index in [0.29, 0.717) is 19.2 Å². The number of hydrogen-bond donors (Lipinski definition) is 0. The van der Waals surface area contributed by atoms with Crippen LogP contribution in [-0.4, -0.2) is 33.1 Å². The first-order valence-electron chi connectivity index (χ1n) is 8.79. The summed E-state index contributed by atoms with van der Waals surface area (Å²) in [5.74, 6) is -3.51. The van der Waals surface area contributed by atoms with E-state index >= 15 is 0 Å². The van der Waals surface area contributed by atoms with E-state index in [9.17, 15) is 26.7 Å². The number of ether oxygens (including phenoxy) is 1. The Hall–Kier alpha value is -2.80. The summed E-state index contributed by atoms with van der Waals surface area (Å²) in [5, 5.41) is 0. The van der Waals surface area contributed by atoms with Crippen LogP contribution in [0.1, 0.15) is 19.4 Å². The number of halogens is 5. The molecule has 0 aliphatic carbocycles. The Kier molecular flexibility index (Phi) is 6.46. The maximum atomic E-state index is 13.1. The molecule has 0 aliphatic rings. The molecule has 0 spiro atoms. The lowest BCUT2D eigenvalue weighted by molar-refractivity contribution is -0.137. The Morgan fingerprint density at radius 3 is 2.52 bits per heavy atom. The van der Waals surface area contributed by atoms with Crippen molar-refractivity contribution in [2.24, 2.45) is 0 Å². The van der Waals surface area contributed by atoms with Crippen LogP contribution in [0.25, 0.3) is 11.5 Å². The monoisotopic (exact) mass is 465 g/mol. The summed E-state index contributed by atoms with van der Waals surface area (Å²) in [6, 6.07) is 4.17. The van der Waals surface area contributed by atoms with Crippen molar-refractivity contribution in [3.63, 3.8) is 0 Å². The van der Waals surface area contributed by atoms with Crippen molar-refractivity contribution in [1.29, 1.82) is 0 Å². The number of fused-ring (bicyclic) bond motifs is 1. The van der Waals surface area contributed by atoms with Crippen LogP contribution < -0.4 is 14.5 Å². The largest absolute Gasteiger partial charge is 0.487 e. The molecule has 0 N–H and O–H groups in total. The molecule has 0 aromatic carbocycles. The lowest BCUT2D eigenvalue weighted by Gasteiger charge is -2.12. The van der Waals surface area contributed by atoms with Gasteiger partial charge >= 0.3 is 6.18 Å². The third-order valence-corrected chi connectivity index (χ3v) is 4.33. The predicted molar refractivity (Wildman–Crippen MR) is 102 cm³/mol. The first-order valence-corrected chi connectivity index (χ1v) is 9.45. The van der Waals surface area contributed by atoms with Crippen molar-refractivity contribution in [1.82, 2.24) is 14.0 Å². The fourth-order valence-corrected chi connectivity index (χ4v) is 2.82. The van der Waals surface area contributed by atoms with Gasteiger partial charge in [0.2, 0.25) is 18.1 Å². The molecule has 0 unspecified atom stereocenters. The molecule has 3 aromatic heterocycles. The zero-order valence-electron chi connectivity index (χ0n) is 16.2. The van der Waals surface area contributed by atoms with Crippen molar-refractivity contribution >= 4 is 18.0 Å². The van der Waals surface area contributed by atoms with Gasteiger partial charge in [0.1, 0.15) is 11.4 Å². The first kappa shape index (κ1) is 22.9. The summed E-state index contributed by atoms with van der Waals surface area (Å²) in [6.07, 6.45) is -2.64. The SMILES string of the molecule is CCOSOc1c(-n2ccc(OCC(C)(F)F)cc2=O)nc2ccc(C(F)(F)F)cn12. The molecule has 3 heterocycles. The zero-order valence-corrected chi connectivity index (χ0v) is 17.0. The quantitative estimate of drug-likeness (QED) is 0.277. The zero-order chi connectivity index (χ0) is 22.8. The van der Waals surface area contributed by atoms with E-state index in [1.54, 1.807) is 6.92 Å². The van der Waals surface area contributed by atoms with Crippen LogP contribution >= 0.6 is 12.3 Å². The maximum absolute atomic E-state index is 13.1. The minimum absolute atomic E-state index is 0.0768. The van der Waals surface area contributed by atoms with Gasteiger partial charge < -0.3 is 8.92 Å². The summed E-state index contributed by atoms with van der Waals surface area (Å²) in [6.45, 7) is 1.67. The van der Waals surface area contributed by atoms with E-state index in [1.165, 1.54) is 12.3 Å². The molecule has 13 heteroatoms. The molecular formula is C18H16F5N3O4S. The van der Waals surface area contributed by atoms with Crippen LogP contribution in [0.15, 0.2) is 41.5 Å². The van der Waals surface area contributed by atoms with Crippen LogP contribution in [0.5, 0.6) is 11.6 Å².